The zero-order valence-electron chi connectivity index (χ0n) is 8.96. The fourth-order valence-electron chi connectivity index (χ4n) is 1.45. The molecule has 0 saturated carbocycles. The first-order valence-electron chi connectivity index (χ1n) is 4.98. The first-order valence-corrected chi connectivity index (χ1v) is 4.98. The molecule has 14 heavy (non-hydrogen) atoms. The standard InChI is InChI=1S/C12H18N2/c1-4-5-6-12(13-3)11-8-7-10(2)14-9-11/h4,7-9,12-13H,1,5-6H2,2-3H3. The molecule has 0 aromatic carbocycles. The Morgan fingerprint density at radius 3 is 2.86 bits per heavy atom. The predicted octanol–water partition coefficient (Wildman–Crippen LogP) is 2.62. The summed E-state index contributed by atoms with van der Waals surface area (Å²) in [6.45, 7) is 5.73. The van der Waals surface area contributed by atoms with E-state index in [9.17, 15) is 0 Å². The first-order chi connectivity index (χ1) is 6.77. The number of pyridine rings is 1. The lowest BCUT2D eigenvalue weighted by Crippen LogP contribution is -2.16. The molecular weight excluding hydrogens is 172 g/mol. The average Bonchev–Trinajstić information content (AvgIpc) is 2.21. The molecule has 0 radical (unpaired) electrons. The van der Waals surface area contributed by atoms with E-state index >= 15 is 0 Å². The average molecular weight is 190 g/mol. The molecule has 1 rings (SSSR count). The molecule has 0 bridgehead atoms. The fraction of sp³-hybridized carbons (Fsp3) is 0.417. The van der Waals surface area contributed by atoms with Crippen LogP contribution in [0.25, 0.3) is 0 Å². The highest BCUT2D eigenvalue weighted by atomic mass is 14.9. The van der Waals surface area contributed by atoms with Gasteiger partial charge in [0.05, 0.1) is 0 Å². The summed E-state index contributed by atoms with van der Waals surface area (Å²) in [6.07, 6.45) is 6.00. The molecule has 2 heteroatoms. The van der Waals surface area contributed by atoms with E-state index in [-0.39, 0.29) is 0 Å². The number of aromatic nitrogens is 1. The van der Waals surface area contributed by atoms with Crippen molar-refractivity contribution in [3.05, 3.63) is 42.2 Å². The van der Waals surface area contributed by atoms with Gasteiger partial charge in [-0.05, 0) is 38.4 Å². The van der Waals surface area contributed by atoms with Gasteiger partial charge in [-0.3, -0.25) is 4.98 Å². The maximum Gasteiger partial charge on any atom is 0.0372 e. The van der Waals surface area contributed by atoms with E-state index < -0.39 is 0 Å². The predicted molar refractivity (Wildman–Crippen MR) is 60.2 cm³/mol. The van der Waals surface area contributed by atoms with E-state index in [4.69, 9.17) is 0 Å². The van der Waals surface area contributed by atoms with Gasteiger partial charge in [-0.25, -0.2) is 0 Å². The molecular formula is C12H18N2. The van der Waals surface area contributed by atoms with E-state index in [0.29, 0.717) is 6.04 Å². The Hall–Kier alpha value is -1.15. The lowest BCUT2D eigenvalue weighted by Gasteiger charge is -2.15. The van der Waals surface area contributed by atoms with Crippen LogP contribution in [0.4, 0.5) is 0 Å². The Bertz CT molecular complexity index is 277. The topological polar surface area (TPSA) is 24.9 Å². The summed E-state index contributed by atoms with van der Waals surface area (Å²) < 4.78 is 0. The van der Waals surface area contributed by atoms with Crippen molar-refractivity contribution in [2.75, 3.05) is 7.05 Å². The molecule has 1 N–H and O–H groups in total. The molecule has 0 fully saturated rings. The van der Waals surface area contributed by atoms with E-state index in [1.165, 1.54) is 5.56 Å². The molecule has 0 aliphatic heterocycles. The third-order valence-electron chi connectivity index (χ3n) is 2.34. The Kier molecular flexibility index (Phi) is 4.33. The Balaban J connectivity index is 2.68. The van der Waals surface area contributed by atoms with Crippen molar-refractivity contribution in [3.8, 4) is 0 Å². The van der Waals surface area contributed by atoms with Crippen LogP contribution in [0.1, 0.15) is 30.1 Å². The number of rotatable bonds is 5. The number of aryl methyl sites for hydroxylation is 1. The van der Waals surface area contributed by atoms with Crippen molar-refractivity contribution in [3.63, 3.8) is 0 Å². The summed E-state index contributed by atoms with van der Waals surface area (Å²) in [6, 6.07) is 4.57. The number of nitrogens with one attached hydrogen (secondary N) is 1. The first kappa shape index (κ1) is 10.9. The van der Waals surface area contributed by atoms with Gasteiger partial charge in [0.15, 0.2) is 0 Å². The molecule has 0 aliphatic carbocycles. The summed E-state index contributed by atoms with van der Waals surface area (Å²) in [5.74, 6) is 0. The maximum atomic E-state index is 4.29. The normalized spacial score (nSPS) is 12.4. The van der Waals surface area contributed by atoms with E-state index in [1.807, 2.05) is 32.3 Å². The van der Waals surface area contributed by atoms with E-state index in [0.717, 1.165) is 18.5 Å². The number of allylic oxidation sites excluding steroid dienone is 1. The Morgan fingerprint density at radius 1 is 1.57 bits per heavy atom. The minimum Gasteiger partial charge on any atom is -0.313 e. The summed E-state index contributed by atoms with van der Waals surface area (Å²) in [5, 5.41) is 3.28. The molecule has 2 nitrogen and oxygen atoms in total. The quantitative estimate of drug-likeness (QED) is 0.722. The van der Waals surface area contributed by atoms with Gasteiger partial charge in [-0.1, -0.05) is 12.1 Å². The summed E-state index contributed by atoms with van der Waals surface area (Å²) >= 11 is 0. The second-order valence-electron chi connectivity index (χ2n) is 3.44. The van der Waals surface area contributed by atoms with Crippen molar-refractivity contribution in [1.82, 2.24) is 10.3 Å². The highest BCUT2D eigenvalue weighted by Gasteiger charge is 2.07. The lowest BCUT2D eigenvalue weighted by molar-refractivity contribution is 0.553. The van der Waals surface area contributed by atoms with Gasteiger partial charge < -0.3 is 5.32 Å². The largest absolute Gasteiger partial charge is 0.313 e. The van der Waals surface area contributed by atoms with Crippen LogP contribution in [-0.2, 0) is 0 Å². The molecule has 0 spiro atoms. The van der Waals surface area contributed by atoms with Gasteiger partial charge in [-0.2, -0.15) is 0 Å². The second-order valence-corrected chi connectivity index (χ2v) is 3.44. The molecule has 1 aromatic rings. The second kappa shape index (κ2) is 5.55. The van der Waals surface area contributed by atoms with E-state index in [1.54, 1.807) is 0 Å². The van der Waals surface area contributed by atoms with Crippen LogP contribution in [0, 0.1) is 6.92 Å². The van der Waals surface area contributed by atoms with Crippen LogP contribution in [-0.4, -0.2) is 12.0 Å². The van der Waals surface area contributed by atoms with Crippen molar-refractivity contribution in [2.24, 2.45) is 0 Å². The lowest BCUT2D eigenvalue weighted by atomic mass is 10.0. The van der Waals surface area contributed by atoms with Crippen LogP contribution in [0.15, 0.2) is 31.0 Å². The molecule has 0 amide bonds. The zero-order chi connectivity index (χ0) is 10.4. The van der Waals surface area contributed by atoms with Gasteiger partial charge in [0, 0.05) is 17.9 Å². The maximum absolute atomic E-state index is 4.29. The summed E-state index contributed by atoms with van der Waals surface area (Å²) in [4.78, 5) is 4.29. The fourth-order valence-corrected chi connectivity index (χ4v) is 1.45. The Labute approximate surface area is 86.1 Å². The van der Waals surface area contributed by atoms with Gasteiger partial charge >= 0.3 is 0 Å². The minimum absolute atomic E-state index is 0.390. The number of hydrogen-bond acceptors (Lipinski definition) is 2. The van der Waals surface area contributed by atoms with Crippen molar-refractivity contribution in [1.29, 1.82) is 0 Å². The molecule has 76 valence electrons. The van der Waals surface area contributed by atoms with Crippen LogP contribution in [0.3, 0.4) is 0 Å². The van der Waals surface area contributed by atoms with Crippen LogP contribution < -0.4 is 5.32 Å². The highest BCUT2D eigenvalue weighted by molar-refractivity contribution is 5.17. The molecule has 1 heterocycles. The van der Waals surface area contributed by atoms with Crippen LogP contribution >= 0.6 is 0 Å². The summed E-state index contributed by atoms with van der Waals surface area (Å²) in [5.41, 5.74) is 2.31. The van der Waals surface area contributed by atoms with Crippen molar-refractivity contribution < 1.29 is 0 Å². The molecule has 1 aromatic heterocycles. The van der Waals surface area contributed by atoms with Crippen LogP contribution in [0.2, 0.25) is 0 Å². The monoisotopic (exact) mass is 190 g/mol. The summed E-state index contributed by atoms with van der Waals surface area (Å²) in [7, 11) is 1.98. The van der Waals surface area contributed by atoms with Crippen molar-refractivity contribution in [2.45, 2.75) is 25.8 Å². The molecule has 0 aliphatic rings. The smallest absolute Gasteiger partial charge is 0.0372 e. The molecule has 0 saturated heterocycles. The SMILES string of the molecule is C=CCCC(NC)c1ccc(C)nc1. The van der Waals surface area contributed by atoms with Crippen LogP contribution in [0.5, 0.6) is 0 Å². The zero-order valence-corrected chi connectivity index (χ0v) is 8.96. The van der Waals surface area contributed by atoms with E-state index in [2.05, 4.69) is 22.9 Å². The Morgan fingerprint density at radius 2 is 2.36 bits per heavy atom. The van der Waals surface area contributed by atoms with Gasteiger partial charge in [0.2, 0.25) is 0 Å². The third kappa shape index (κ3) is 2.96. The highest BCUT2D eigenvalue weighted by Crippen LogP contribution is 2.17. The number of nitrogens with zero attached hydrogens (tertiary/aromatic N) is 1. The number of hydrogen-bond donors (Lipinski definition) is 1. The third-order valence-corrected chi connectivity index (χ3v) is 2.34. The molecule has 1 atom stereocenters. The minimum atomic E-state index is 0.390. The molecule has 1 unspecified atom stereocenters. The van der Waals surface area contributed by atoms with Gasteiger partial charge in [0.25, 0.3) is 0 Å². The van der Waals surface area contributed by atoms with Crippen molar-refractivity contribution >= 4 is 0 Å². The van der Waals surface area contributed by atoms with Gasteiger partial charge in [0.1, 0.15) is 0 Å². The van der Waals surface area contributed by atoms with Gasteiger partial charge in [-0.15, -0.1) is 6.58 Å².